The molecule has 4 N–H and O–H groups in total. The number of anilines is 2. The molecule has 1 aromatic rings. The lowest BCUT2D eigenvalue weighted by Crippen LogP contribution is -2.20. The summed E-state index contributed by atoms with van der Waals surface area (Å²) in [5.41, 5.74) is 5.44. The zero-order valence-electron chi connectivity index (χ0n) is 16.5. The molecule has 0 fully saturated rings. The van der Waals surface area contributed by atoms with Crippen molar-refractivity contribution in [2.24, 2.45) is 15.7 Å². The Labute approximate surface area is 184 Å². The van der Waals surface area contributed by atoms with Crippen LogP contribution in [-0.4, -0.2) is 44.0 Å². The van der Waals surface area contributed by atoms with E-state index in [0.29, 0.717) is 30.8 Å². The smallest absolute Gasteiger partial charge is 0.252 e. The van der Waals surface area contributed by atoms with E-state index in [-0.39, 0.29) is 27.4 Å². The van der Waals surface area contributed by atoms with E-state index in [2.05, 4.69) is 20.0 Å². The minimum atomic E-state index is -3.63. The van der Waals surface area contributed by atoms with Gasteiger partial charge in [0.1, 0.15) is 11.7 Å². The van der Waals surface area contributed by atoms with E-state index in [1.54, 1.807) is 12.3 Å². The zero-order valence-corrected chi connectivity index (χ0v) is 18.9. The Kier molecular flexibility index (Phi) is 8.68. The molecule has 30 heavy (non-hydrogen) atoms. The summed E-state index contributed by atoms with van der Waals surface area (Å²) < 4.78 is 40.6. The number of thioether (sulfide) groups is 1. The number of nitrogens with two attached hydrogens (primary N) is 1. The number of hydrogen-bond donors (Lipinski definition) is 3. The van der Waals surface area contributed by atoms with Crippen LogP contribution >= 0.6 is 23.4 Å². The maximum atomic E-state index is 14.3. The fourth-order valence-electron chi connectivity index (χ4n) is 2.65. The lowest BCUT2D eigenvalue weighted by Gasteiger charge is -2.14. The number of carbonyl (C=O) groups is 1. The summed E-state index contributed by atoms with van der Waals surface area (Å²) in [7, 11) is -3.63. The van der Waals surface area contributed by atoms with Crippen LogP contribution in [0.2, 0.25) is 5.02 Å². The molecule has 0 radical (unpaired) electrons. The topological polar surface area (TPSA) is 126 Å². The van der Waals surface area contributed by atoms with Gasteiger partial charge in [0.2, 0.25) is 10.0 Å². The standard InChI is InChI=1S/C18H23ClFN5O3S2/c1-3-7-30(27,28)25-13-6-5-12(20)16(15(13)19)24-18(26)11-8-14(29-9-11)17(22-4-2)23-10-21/h5-6,9-10,14,25H,3-4,7-8H2,1-2H3,(H,24,26)(H2,21,22,23). The van der Waals surface area contributed by atoms with Gasteiger partial charge in [0, 0.05) is 12.1 Å². The van der Waals surface area contributed by atoms with Gasteiger partial charge in [-0.25, -0.2) is 17.8 Å². The Balaban J connectivity index is 2.18. The predicted octanol–water partition coefficient (Wildman–Crippen LogP) is 3.36. The van der Waals surface area contributed by atoms with E-state index in [1.807, 2.05) is 6.92 Å². The zero-order chi connectivity index (χ0) is 22.3. The van der Waals surface area contributed by atoms with Crippen molar-refractivity contribution in [1.82, 2.24) is 0 Å². The summed E-state index contributed by atoms with van der Waals surface area (Å²) in [5.74, 6) is -0.927. The highest BCUT2D eigenvalue weighted by Crippen LogP contribution is 2.36. The molecule has 8 nitrogen and oxygen atoms in total. The van der Waals surface area contributed by atoms with Gasteiger partial charge in [0.05, 0.1) is 33.7 Å². The maximum absolute atomic E-state index is 14.3. The van der Waals surface area contributed by atoms with Crippen LogP contribution in [0.5, 0.6) is 0 Å². The molecule has 1 aromatic carbocycles. The first kappa shape index (κ1) is 24.2. The number of sulfonamides is 1. The molecule has 1 aliphatic heterocycles. The summed E-state index contributed by atoms with van der Waals surface area (Å²) >= 11 is 7.54. The van der Waals surface area contributed by atoms with Gasteiger partial charge < -0.3 is 11.1 Å². The van der Waals surface area contributed by atoms with E-state index >= 15 is 0 Å². The van der Waals surface area contributed by atoms with Gasteiger partial charge in [-0.3, -0.25) is 14.5 Å². The average molecular weight is 476 g/mol. The third-order valence-corrected chi connectivity index (χ3v) is 6.95. The molecule has 0 bridgehead atoms. The second-order valence-corrected chi connectivity index (χ2v) is 9.54. The van der Waals surface area contributed by atoms with Crippen LogP contribution in [0, 0.1) is 5.82 Å². The maximum Gasteiger partial charge on any atom is 0.252 e. The summed E-state index contributed by atoms with van der Waals surface area (Å²) in [6, 6.07) is 2.24. The van der Waals surface area contributed by atoms with Crippen LogP contribution in [0.15, 0.2) is 33.1 Å². The molecule has 0 saturated heterocycles. The van der Waals surface area contributed by atoms with Crippen LogP contribution in [-0.2, 0) is 14.8 Å². The van der Waals surface area contributed by atoms with E-state index in [9.17, 15) is 17.6 Å². The third-order valence-electron chi connectivity index (χ3n) is 3.95. The Bertz CT molecular complexity index is 996. The highest BCUT2D eigenvalue weighted by Gasteiger charge is 2.27. The third kappa shape index (κ3) is 6.19. The molecule has 164 valence electrons. The molecule has 1 heterocycles. The number of hydrogen-bond acceptors (Lipinski definition) is 5. The van der Waals surface area contributed by atoms with Gasteiger partial charge in [-0.1, -0.05) is 18.5 Å². The SMILES string of the molecule is CCCS(=O)(=O)Nc1ccc(F)c(NC(=O)C2=CSC(C(N=CN)=NCC)C2)c1Cl. The molecule has 1 amide bonds. The van der Waals surface area contributed by atoms with Crippen LogP contribution in [0.3, 0.4) is 0 Å². The minimum absolute atomic E-state index is 0.0101. The number of nitrogens with one attached hydrogen (secondary N) is 2. The lowest BCUT2D eigenvalue weighted by atomic mass is 10.1. The number of benzene rings is 1. The molecular formula is C18H23ClFN5O3S2. The molecule has 12 heteroatoms. The van der Waals surface area contributed by atoms with E-state index in [1.165, 1.54) is 17.8 Å². The Morgan fingerprint density at radius 2 is 2.17 bits per heavy atom. The number of amides is 1. The number of nitrogens with zero attached hydrogens (tertiary/aromatic N) is 2. The highest BCUT2D eigenvalue weighted by atomic mass is 35.5. The van der Waals surface area contributed by atoms with Crippen molar-refractivity contribution in [1.29, 1.82) is 0 Å². The predicted molar refractivity (Wildman–Crippen MR) is 122 cm³/mol. The summed E-state index contributed by atoms with van der Waals surface area (Å²) in [6.45, 7) is 4.10. The van der Waals surface area contributed by atoms with Crippen molar-refractivity contribution in [3.05, 3.63) is 34.0 Å². The molecule has 0 aromatic heterocycles. The first-order chi connectivity index (χ1) is 14.2. The van der Waals surface area contributed by atoms with Crippen LogP contribution in [0.4, 0.5) is 15.8 Å². The molecule has 0 aliphatic carbocycles. The number of aliphatic imine (C=N–C) groups is 2. The fourth-order valence-corrected chi connectivity index (χ4v) is 5.16. The van der Waals surface area contributed by atoms with Crippen molar-refractivity contribution in [2.75, 3.05) is 22.3 Å². The Morgan fingerprint density at radius 3 is 2.80 bits per heavy atom. The van der Waals surface area contributed by atoms with Crippen LogP contribution < -0.4 is 15.8 Å². The second-order valence-electron chi connectivity index (χ2n) is 6.24. The highest BCUT2D eigenvalue weighted by molar-refractivity contribution is 8.03. The molecular weight excluding hydrogens is 453 g/mol. The van der Waals surface area contributed by atoms with E-state index in [0.717, 1.165) is 12.4 Å². The van der Waals surface area contributed by atoms with Crippen molar-refractivity contribution in [2.45, 2.75) is 31.9 Å². The van der Waals surface area contributed by atoms with Crippen molar-refractivity contribution in [3.63, 3.8) is 0 Å². The van der Waals surface area contributed by atoms with Crippen LogP contribution in [0.1, 0.15) is 26.7 Å². The van der Waals surface area contributed by atoms with Gasteiger partial charge in [0.25, 0.3) is 5.91 Å². The lowest BCUT2D eigenvalue weighted by molar-refractivity contribution is -0.112. The molecule has 0 saturated carbocycles. The first-order valence-corrected chi connectivity index (χ1v) is 12.1. The quantitative estimate of drug-likeness (QED) is 0.392. The van der Waals surface area contributed by atoms with Gasteiger partial charge in [-0.05, 0) is 37.3 Å². The fraction of sp³-hybridized carbons (Fsp3) is 0.389. The second kappa shape index (κ2) is 10.8. The normalized spacial score (nSPS) is 17.3. The summed E-state index contributed by atoms with van der Waals surface area (Å²) in [6.07, 6.45) is 1.88. The average Bonchev–Trinajstić information content (AvgIpc) is 3.17. The number of carbonyl (C=O) groups excluding carboxylic acids is 1. The van der Waals surface area contributed by atoms with Gasteiger partial charge >= 0.3 is 0 Å². The molecule has 1 atom stereocenters. The first-order valence-electron chi connectivity index (χ1n) is 9.15. The number of rotatable bonds is 8. The van der Waals surface area contributed by atoms with Gasteiger partial charge in [-0.15, -0.1) is 11.8 Å². The van der Waals surface area contributed by atoms with Crippen molar-refractivity contribution in [3.8, 4) is 0 Å². The molecule has 1 aliphatic rings. The molecule has 1 unspecified atom stereocenters. The largest absolute Gasteiger partial charge is 0.390 e. The Morgan fingerprint density at radius 1 is 1.43 bits per heavy atom. The summed E-state index contributed by atoms with van der Waals surface area (Å²) in [4.78, 5) is 20.9. The monoisotopic (exact) mass is 475 g/mol. The van der Waals surface area contributed by atoms with E-state index in [4.69, 9.17) is 17.3 Å². The number of halogens is 2. The molecule has 0 spiro atoms. The van der Waals surface area contributed by atoms with Gasteiger partial charge in [0.15, 0.2) is 0 Å². The molecule has 2 rings (SSSR count). The summed E-state index contributed by atoms with van der Waals surface area (Å²) in [5, 5.41) is 3.67. The van der Waals surface area contributed by atoms with E-state index < -0.39 is 21.7 Å². The van der Waals surface area contributed by atoms with Gasteiger partial charge in [-0.2, -0.15) is 0 Å². The minimum Gasteiger partial charge on any atom is -0.390 e. The van der Waals surface area contributed by atoms with Crippen molar-refractivity contribution >= 4 is 62.8 Å². The Hall–Kier alpha value is -2.11. The van der Waals surface area contributed by atoms with Crippen molar-refractivity contribution < 1.29 is 17.6 Å². The van der Waals surface area contributed by atoms with Crippen LogP contribution in [0.25, 0.3) is 0 Å². The number of amidine groups is 1.